The number of hydrogen-bond acceptors (Lipinski definition) is 3. The Morgan fingerprint density at radius 1 is 1.38 bits per heavy atom. The number of nitrogens with zero attached hydrogens (tertiary/aromatic N) is 1. The minimum Gasteiger partial charge on any atom is -0.373 e. The summed E-state index contributed by atoms with van der Waals surface area (Å²) < 4.78 is 42.0. The molecule has 2 aliphatic heterocycles. The van der Waals surface area contributed by atoms with Crippen LogP contribution in [-0.2, 0) is 9.53 Å². The molecule has 16 heavy (non-hydrogen) atoms. The van der Waals surface area contributed by atoms with E-state index in [-0.39, 0.29) is 31.7 Å². The first-order valence-corrected chi connectivity index (χ1v) is 4.70. The smallest absolute Gasteiger partial charge is 0.373 e. The van der Waals surface area contributed by atoms with Gasteiger partial charge in [0.25, 0.3) is 0 Å². The molecule has 2 atom stereocenters. The number of rotatable bonds is 0. The number of ether oxygens (including phenoxy) is 1. The predicted octanol–water partition coefficient (Wildman–Crippen LogP) is 0.170. The summed E-state index contributed by atoms with van der Waals surface area (Å²) in [5.41, 5.74) is 0. The largest absolute Gasteiger partial charge is 0.471 e. The highest BCUT2D eigenvalue weighted by atomic mass is 35.5. The van der Waals surface area contributed by atoms with Crippen LogP contribution in [0.2, 0.25) is 0 Å². The Balaban J connectivity index is 0.00000128. The second kappa shape index (κ2) is 4.77. The maximum absolute atomic E-state index is 12.2. The summed E-state index contributed by atoms with van der Waals surface area (Å²) in [6.07, 6.45) is -5.09. The summed E-state index contributed by atoms with van der Waals surface area (Å²) in [5, 5.41) is 2.91. The fraction of sp³-hybridized carbons (Fsp3) is 0.875. The van der Waals surface area contributed by atoms with Crippen molar-refractivity contribution in [3.05, 3.63) is 0 Å². The van der Waals surface area contributed by atoms with Gasteiger partial charge in [-0.1, -0.05) is 0 Å². The third-order valence-electron chi connectivity index (χ3n) is 2.70. The van der Waals surface area contributed by atoms with Gasteiger partial charge in [-0.3, -0.25) is 4.79 Å². The van der Waals surface area contributed by atoms with Gasteiger partial charge in [-0.2, -0.15) is 13.2 Å². The molecule has 1 amide bonds. The zero-order valence-corrected chi connectivity index (χ0v) is 9.11. The molecule has 0 aromatic carbocycles. The first kappa shape index (κ1) is 13.5. The van der Waals surface area contributed by atoms with Crippen LogP contribution in [0.25, 0.3) is 0 Å². The Morgan fingerprint density at radius 3 is 2.69 bits per heavy atom. The Hall–Kier alpha value is -0.530. The number of carbonyl (C=O) groups excluding carboxylic acids is 1. The van der Waals surface area contributed by atoms with Gasteiger partial charge in [-0.25, -0.2) is 0 Å². The topological polar surface area (TPSA) is 41.6 Å². The predicted molar refractivity (Wildman–Crippen MR) is 51.4 cm³/mol. The summed E-state index contributed by atoms with van der Waals surface area (Å²) in [6, 6.07) is -0.479. The van der Waals surface area contributed by atoms with Gasteiger partial charge in [0.05, 0.1) is 18.8 Å². The van der Waals surface area contributed by atoms with Crippen LogP contribution in [0.5, 0.6) is 0 Å². The number of fused-ring (bicyclic) bond motifs is 1. The van der Waals surface area contributed by atoms with E-state index in [0.717, 1.165) is 4.90 Å². The molecule has 1 N–H and O–H groups in total. The van der Waals surface area contributed by atoms with Gasteiger partial charge in [0.2, 0.25) is 0 Å². The minimum absolute atomic E-state index is 0. The van der Waals surface area contributed by atoms with E-state index < -0.39 is 18.1 Å². The van der Waals surface area contributed by atoms with Crippen molar-refractivity contribution < 1.29 is 22.7 Å². The zero-order valence-electron chi connectivity index (χ0n) is 8.29. The van der Waals surface area contributed by atoms with E-state index in [1.807, 2.05) is 0 Å². The van der Waals surface area contributed by atoms with Crippen LogP contribution in [0.15, 0.2) is 0 Å². The van der Waals surface area contributed by atoms with Crippen molar-refractivity contribution in [1.82, 2.24) is 10.2 Å². The summed E-state index contributed by atoms with van der Waals surface area (Å²) in [4.78, 5) is 11.9. The molecule has 0 spiro atoms. The molecule has 2 heterocycles. The van der Waals surface area contributed by atoms with Crippen molar-refractivity contribution in [1.29, 1.82) is 0 Å². The highest BCUT2D eigenvalue weighted by Gasteiger charge is 2.48. The van der Waals surface area contributed by atoms with Gasteiger partial charge < -0.3 is 15.0 Å². The van der Waals surface area contributed by atoms with Crippen LogP contribution >= 0.6 is 12.4 Å². The van der Waals surface area contributed by atoms with Crippen molar-refractivity contribution in [2.24, 2.45) is 0 Å². The molecular formula is C8H12ClF3N2O2. The number of nitrogens with one attached hydrogen (secondary N) is 1. The first-order valence-electron chi connectivity index (χ1n) is 4.70. The molecule has 0 aromatic heterocycles. The molecular weight excluding hydrogens is 249 g/mol. The first-order chi connectivity index (χ1) is 7.00. The number of amides is 1. The van der Waals surface area contributed by atoms with Gasteiger partial charge in [-0.05, 0) is 0 Å². The molecule has 0 bridgehead atoms. The third kappa shape index (κ3) is 2.41. The third-order valence-corrected chi connectivity index (χ3v) is 2.70. The Morgan fingerprint density at radius 2 is 2.06 bits per heavy atom. The molecule has 0 aromatic rings. The van der Waals surface area contributed by atoms with E-state index in [1.54, 1.807) is 0 Å². The van der Waals surface area contributed by atoms with Gasteiger partial charge in [-0.15, -0.1) is 12.4 Å². The van der Waals surface area contributed by atoms with Crippen molar-refractivity contribution in [3.8, 4) is 0 Å². The van der Waals surface area contributed by atoms with E-state index in [4.69, 9.17) is 4.74 Å². The normalized spacial score (nSPS) is 29.6. The molecule has 0 unspecified atom stereocenters. The van der Waals surface area contributed by atoms with Crippen LogP contribution < -0.4 is 5.32 Å². The SMILES string of the molecule is Cl.O=C(N1CCO[C@H]2CNC[C@H]21)C(F)(F)F. The standard InChI is InChI=1S/C8H11F3N2O2.ClH/c9-8(10,11)7(14)13-1-2-15-6-4-12-3-5(6)13;/h5-6,12H,1-4H2;1H/t5-,6+;/m1./s1. The highest BCUT2D eigenvalue weighted by Crippen LogP contribution is 2.24. The number of morpholine rings is 1. The quantitative estimate of drug-likeness (QED) is 0.675. The molecule has 8 heteroatoms. The molecule has 0 saturated carbocycles. The van der Waals surface area contributed by atoms with E-state index in [1.165, 1.54) is 0 Å². The van der Waals surface area contributed by atoms with Crippen molar-refractivity contribution >= 4 is 18.3 Å². The fourth-order valence-corrected chi connectivity index (χ4v) is 2.01. The fourth-order valence-electron chi connectivity index (χ4n) is 2.01. The van der Waals surface area contributed by atoms with Crippen LogP contribution in [0.1, 0.15) is 0 Å². The lowest BCUT2D eigenvalue weighted by molar-refractivity contribution is -0.194. The number of halogens is 4. The highest BCUT2D eigenvalue weighted by molar-refractivity contribution is 5.85. The number of carbonyl (C=O) groups is 1. The average molecular weight is 261 g/mol. The van der Waals surface area contributed by atoms with E-state index in [2.05, 4.69) is 5.32 Å². The Labute approximate surface area is 96.5 Å². The molecule has 0 radical (unpaired) electrons. The summed E-state index contributed by atoms with van der Waals surface area (Å²) in [6.45, 7) is 1.06. The van der Waals surface area contributed by atoms with Gasteiger partial charge in [0.15, 0.2) is 0 Å². The van der Waals surface area contributed by atoms with Crippen LogP contribution in [0.4, 0.5) is 13.2 Å². The van der Waals surface area contributed by atoms with E-state index in [9.17, 15) is 18.0 Å². The minimum atomic E-state index is -4.79. The second-order valence-corrected chi connectivity index (χ2v) is 3.63. The van der Waals surface area contributed by atoms with Gasteiger partial charge in [0.1, 0.15) is 0 Å². The lowest BCUT2D eigenvalue weighted by atomic mass is 10.1. The van der Waals surface area contributed by atoms with Crippen molar-refractivity contribution in [3.63, 3.8) is 0 Å². The molecule has 2 saturated heterocycles. The zero-order chi connectivity index (χ0) is 11.1. The van der Waals surface area contributed by atoms with Crippen LogP contribution in [0, 0.1) is 0 Å². The van der Waals surface area contributed by atoms with Crippen molar-refractivity contribution in [2.45, 2.75) is 18.3 Å². The van der Waals surface area contributed by atoms with Crippen LogP contribution in [-0.4, -0.2) is 55.4 Å². The molecule has 4 nitrogen and oxygen atoms in total. The Bertz CT molecular complexity index is 274. The molecule has 2 fully saturated rings. The van der Waals surface area contributed by atoms with Gasteiger partial charge >= 0.3 is 12.1 Å². The lowest BCUT2D eigenvalue weighted by Gasteiger charge is -2.37. The monoisotopic (exact) mass is 260 g/mol. The molecule has 2 aliphatic rings. The summed E-state index contributed by atoms with van der Waals surface area (Å²) in [5.74, 6) is -1.76. The van der Waals surface area contributed by atoms with Crippen molar-refractivity contribution in [2.75, 3.05) is 26.2 Å². The molecule has 2 rings (SSSR count). The summed E-state index contributed by atoms with van der Waals surface area (Å²) in [7, 11) is 0. The lowest BCUT2D eigenvalue weighted by Crippen LogP contribution is -2.56. The van der Waals surface area contributed by atoms with E-state index in [0.29, 0.717) is 13.1 Å². The summed E-state index contributed by atoms with van der Waals surface area (Å²) >= 11 is 0. The van der Waals surface area contributed by atoms with Crippen LogP contribution in [0.3, 0.4) is 0 Å². The number of alkyl halides is 3. The second-order valence-electron chi connectivity index (χ2n) is 3.63. The number of hydrogen-bond donors (Lipinski definition) is 1. The average Bonchev–Trinajstić information content (AvgIpc) is 2.62. The maximum Gasteiger partial charge on any atom is 0.471 e. The molecule has 94 valence electrons. The maximum atomic E-state index is 12.2. The Kier molecular flexibility index (Phi) is 4.03. The molecule has 0 aliphatic carbocycles. The van der Waals surface area contributed by atoms with E-state index >= 15 is 0 Å². The van der Waals surface area contributed by atoms with Gasteiger partial charge in [0, 0.05) is 19.6 Å².